The molecule has 0 unspecified atom stereocenters. The van der Waals surface area contributed by atoms with Gasteiger partial charge in [0.1, 0.15) is 5.82 Å². The van der Waals surface area contributed by atoms with Crippen LogP contribution in [0.5, 0.6) is 0 Å². The van der Waals surface area contributed by atoms with E-state index in [4.69, 9.17) is 5.73 Å². The van der Waals surface area contributed by atoms with E-state index in [9.17, 15) is 0 Å². The quantitative estimate of drug-likeness (QED) is 0.803. The van der Waals surface area contributed by atoms with Crippen LogP contribution in [0.2, 0.25) is 0 Å². The minimum absolute atomic E-state index is 0.602. The summed E-state index contributed by atoms with van der Waals surface area (Å²) < 4.78 is 0. The van der Waals surface area contributed by atoms with Gasteiger partial charge in [0.2, 0.25) is 0 Å². The van der Waals surface area contributed by atoms with Crippen LogP contribution in [0.1, 0.15) is 31.7 Å². The Hall–Kier alpha value is -1.09. The molecule has 3 heteroatoms. The Kier molecular flexibility index (Phi) is 3.21. The zero-order valence-corrected chi connectivity index (χ0v) is 9.32. The van der Waals surface area contributed by atoms with Crippen molar-refractivity contribution in [2.45, 2.75) is 38.8 Å². The average molecular weight is 205 g/mol. The minimum atomic E-state index is 0.602. The van der Waals surface area contributed by atoms with Gasteiger partial charge in [0.15, 0.2) is 0 Å². The number of likely N-dealkylation sites (tertiary alicyclic amines) is 1. The SMILES string of the molecule is C[C@H]1CCCCN1Cc1ccc(N)nc1. The molecule has 1 aromatic heterocycles. The molecule has 0 bridgehead atoms. The minimum Gasteiger partial charge on any atom is -0.384 e. The van der Waals surface area contributed by atoms with Gasteiger partial charge in [0, 0.05) is 18.8 Å². The number of pyridine rings is 1. The topological polar surface area (TPSA) is 42.1 Å². The van der Waals surface area contributed by atoms with Gasteiger partial charge in [0.05, 0.1) is 0 Å². The average Bonchev–Trinajstić information content (AvgIpc) is 2.25. The monoisotopic (exact) mass is 205 g/mol. The van der Waals surface area contributed by atoms with Crippen LogP contribution in [0.3, 0.4) is 0 Å². The number of piperidine rings is 1. The van der Waals surface area contributed by atoms with Gasteiger partial charge in [-0.3, -0.25) is 4.90 Å². The van der Waals surface area contributed by atoms with Crippen LogP contribution < -0.4 is 5.73 Å². The Balaban J connectivity index is 1.98. The third-order valence-corrected chi connectivity index (χ3v) is 3.17. The van der Waals surface area contributed by atoms with Gasteiger partial charge in [-0.25, -0.2) is 4.98 Å². The van der Waals surface area contributed by atoms with Gasteiger partial charge in [-0.05, 0) is 37.9 Å². The van der Waals surface area contributed by atoms with E-state index in [1.54, 1.807) is 0 Å². The maximum atomic E-state index is 5.56. The van der Waals surface area contributed by atoms with Gasteiger partial charge < -0.3 is 5.73 Å². The van der Waals surface area contributed by atoms with Crippen LogP contribution in [-0.2, 0) is 6.54 Å². The van der Waals surface area contributed by atoms with E-state index in [0.29, 0.717) is 11.9 Å². The van der Waals surface area contributed by atoms with Gasteiger partial charge in [0.25, 0.3) is 0 Å². The molecule has 0 aromatic carbocycles. The van der Waals surface area contributed by atoms with Gasteiger partial charge in [-0.1, -0.05) is 12.5 Å². The fourth-order valence-electron chi connectivity index (χ4n) is 2.16. The first-order valence-corrected chi connectivity index (χ1v) is 5.70. The van der Waals surface area contributed by atoms with Gasteiger partial charge >= 0.3 is 0 Å². The van der Waals surface area contributed by atoms with Crippen LogP contribution in [0, 0.1) is 0 Å². The number of nitrogens with zero attached hydrogens (tertiary/aromatic N) is 2. The van der Waals surface area contributed by atoms with E-state index < -0.39 is 0 Å². The molecule has 0 spiro atoms. The maximum Gasteiger partial charge on any atom is 0.123 e. The first-order chi connectivity index (χ1) is 7.25. The second-order valence-electron chi connectivity index (χ2n) is 4.41. The summed E-state index contributed by atoms with van der Waals surface area (Å²) in [6, 6.07) is 4.66. The lowest BCUT2D eigenvalue weighted by molar-refractivity contribution is 0.152. The van der Waals surface area contributed by atoms with Gasteiger partial charge in [-0.15, -0.1) is 0 Å². The predicted molar refractivity (Wildman–Crippen MR) is 62.4 cm³/mol. The van der Waals surface area contributed by atoms with E-state index >= 15 is 0 Å². The highest BCUT2D eigenvalue weighted by atomic mass is 15.2. The van der Waals surface area contributed by atoms with E-state index in [1.807, 2.05) is 12.3 Å². The van der Waals surface area contributed by atoms with Gasteiger partial charge in [-0.2, -0.15) is 0 Å². The molecule has 82 valence electrons. The lowest BCUT2D eigenvalue weighted by atomic mass is 10.0. The number of aromatic nitrogens is 1. The summed E-state index contributed by atoms with van der Waals surface area (Å²) in [6.45, 7) is 4.53. The molecule has 1 aliphatic rings. The molecule has 15 heavy (non-hydrogen) atoms. The summed E-state index contributed by atoms with van der Waals surface area (Å²) in [5.74, 6) is 0.602. The molecule has 0 amide bonds. The molecule has 2 N–H and O–H groups in total. The molecular formula is C12H19N3. The summed E-state index contributed by atoms with van der Waals surface area (Å²) in [6.07, 6.45) is 5.91. The van der Waals surface area contributed by atoms with Crippen LogP contribution in [0.25, 0.3) is 0 Å². The summed E-state index contributed by atoms with van der Waals surface area (Å²) in [5, 5.41) is 0. The van der Waals surface area contributed by atoms with Crippen molar-refractivity contribution in [3.05, 3.63) is 23.9 Å². The molecule has 2 rings (SSSR count). The number of anilines is 1. The number of nitrogen functional groups attached to an aromatic ring is 1. The fourth-order valence-corrected chi connectivity index (χ4v) is 2.16. The first kappa shape index (κ1) is 10.4. The van der Waals surface area contributed by atoms with E-state index in [2.05, 4.69) is 22.9 Å². The van der Waals surface area contributed by atoms with Crippen LogP contribution in [0.15, 0.2) is 18.3 Å². The zero-order chi connectivity index (χ0) is 10.7. The number of hydrogen-bond acceptors (Lipinski definition) is 3. The number of rotatable bonds is 2. The molecule has 1 aromatic rings. The normalized spacial score (nSPS) is 22.9. The molecule has 0 radical (unpaired) electrons. The Morgan fingerprint density at radius 1 is 1.47 bits per heavy atom. The third-order valence-electron chi connectivity index (χ3n) is 3.17. The van der Waals surface area contributed by atoms with Crippen molar-refractivity contribution < 1.29 is 0 Å². The van der Waals surface area contributed by atoms with Crippen LogP contribution >= 0.6 is 0 Å². The van der Waals surface area contributed by atoms with Crippen molar-refractivity contribution in [2.75, 3.05) is 12.3 Å². The van der Waals surface area contributed by atoms with Crippen molar-refractivity contribution in [1.29, 1.82) is 0 Å². The van der Waals surface area contributed by atoms with Crippen molar-refractivity contribution in [2.24, 2.45) is 0 Å². The summed E-state index contributed by atoms with van der Waals surface area (Å²) in [4.78, 5) is 6.65. The zero-order valence-electron chi connectivity index (χ0n) is 9.32. The lowest BCUT2D eigenvalue weighted by Crippen LogP contribution is -2.36. The van der Waals surface area contributed by atoms with E-state index in [1.165, 1.54) is 31.4 Å². The molecule has 1 aliphatic heterocycles. The molecule has 0 aliphatic carbocycles. The molecule has 1 atom stereocenters. The summed E-state index contributed by atoms with van der Waals surface area (Å²) >= 11 is 0. The predicted octanol–water partition coefficient (Wildman–Crippen LogP) is 2.04. The Morgan fingerprint density at radius 2 is 2.33 bits per heavy atom. The molecular weight excluding hydrogens is 186 g/mol. The lowest BCUT2D eigenvalue weighted by Gasteiger charge is -2.33. The summed E-state index contributed by atoms with van der Waals surface area (Å²) in [7, 11) is 0. The third kappa shape index (κ3) is 2.69. The maximum absolute atomic E-state index is 5.56. The van der Waals surface area contributed by atoms with Crippen LogP contribution in [0.4, 0.5) is 5.82 Å². The first-order valence-electron chi connectivity index (χ1n) is 5.70. The smallest absolute Gasteiger partial charge is 0.123 e. The Labute approximate surface area is 91.3 Å². The van der Waals surface area contributed by atoms with Crippen molar-refractivity contribution in [3.8, 4) is 0 Å². The second kappa shape index (κ2) is 4.62. The number of hydrogen-bond donors (Lipinski definition) is 1. The summed E-state index contributed by atoms with van der Waals surface area (Å²) in [5.41, 5.74) is 6.82. The van der Waals surface area contributed by atoms with E-state index in [0.717, 1.165) is 6.54 Å². The second-order valence-corrected chi connectivity index (χ2v) is 4.41. The highest BCUT2D eigenvalue weighted by Gasteiger charge is 2.17. The Morgan fingerprint density at radius 3 is 3.00 bits per heavy atom. The fraction of sp³-hybridized carbons (Fsp3) is 0.583. The van der Waals surface area contributed by atoms with E-state index in [-0.39, 0.29) is 0 Å². The molecule has 1 saturated heterocycles. The highest BCUT2D eigenvalue weighted by molar-refractivity contribution is 5.29. The molecule has 3 nitrogen and oxygen atoms in total. The highest BCUT2D eigenvalue weighted by Crippen LogP contribution is 2.18. The van der Waals surface area contributed by atoms with Crippen molar-refractivity contribution in [3.63, 3.8) is 0 Å². The van der Waals surface area contributed by atoms with Crippen LogP contribution in [-0.4, -0.2) is 22.5 Å². The molecule has 2 heterocycles. The standard InChI is InChI=1S/C12H19N3/c1-10-4-2-3-7-15(10)9-11-5-6-12(13)14-8-11/h5-6,8,10H,2-4,7,9H2,1H3,(H2,13,14)/t10-/m0/s1. The molecule has 0 saturated carbocycles. The van der Waals surface area contributed by atoms with Crippen molar-refractivity contribution in [1.82, 2.24) is 9.88 Å². The number of nitrogens with two attached hydrogens (primary N) is 1. The Bertz CT molecular complexity index is 307. The largest absolute Gasteiger partial charge is 0.384 e. The van der Waals surface area contributed by atoms with Crippen molar-refractivity contribution >= 4 is 5.82 Å². The molecule has 1 fully saturated rings.